The van der Waals surface area contributed by atoms with Gasteiger partial charge in [0.05, 0.1) is 0 Å². The van der Waals surface area contributed by atoms with Gasteiger partial charge in [-0.3, -0.25) is 0 Å². The number of hydrogen-bond acceptors (Lipinski definition) is 3. The molecule has 1 aromatic heterocycles. The van der Waals surface area contributed by atoms with E-state index in [9.17, 15) is 0 Å². The lowest BCUT2D eigenvalue weighted by molar-refractivity contribution is 0.929. The van der Waals surface area contributed by atoms with Crippen LogP contribution in [0.4, 0.5) is 0 Å². The average Bonchev–Trinajstić information content (AvgIpc) is 2.96. The van der Waals surface area contributed by atoms with Crippen LogP contribution >= 0.6 is 0 Å². The van der Waals surface area contributed by atoms with Gasteiger partial charge < -0.3 is 0 Å². The molecule has 0 fully saturated rings. The van der Waals surface area contributed by atoms with Gasteiger partial charge in [0, 0.05) is 5.56 Å². The van der Waals surface area contributed by atoms with Gasteiger partial charge in [0.1, 0.15) is 11.6 Å². The summed E-state index contributed by atoms with van der Waals surface area (Å²) in [6.45, 7) is 21.1. The molecule has 3 nitrogen and oxygen atoms in total. The predicted molar refractivity (Wildman–Crippen MR) is 165 cm³/mol. The Morgan fingerprint density at radius 2 is 0.763 bits per heavy atom. The van der Waals surface area contributed by atoms with Crippen LogP contribution in [0, 0.1) is 55.4 Å². The Bertz CT molecular complexity index is 1300. The van der Waals surface area contributed by atoms with Crippen molar-refractivity contribution in [2.24, 2.45) is 0 Å². The molecule has 5 rings (SSSR count). The van der Waals surface area contributed by atoms with Crippen LogP contribution in [0.25, 0.3) is 22.2 Å². The highest BCUT2D eigenvalue weighted by Crippen LogP contribution is 2.25. The second-order valence-corrected chi connectivity index (χ2v) is 9.22. The van der Waals surface area contributed by atoms with Crippen molar-refractivity contribution in [3.05, 3.63) is 124 Å². The van der Waals surface area contributed by atoms with Gasteiger partial charge in [-0.05, 0) is 106 Å². The van der Waals surface area contributed by atoms with E-state index in [2.05, 4.69) is 86.8 Å². The standard InChI is InChI=1S/C15H13N3.C12H18.C6H6.C2H6/c1-10-16-11(2)18-15(17-10)14-8-7-12-5-3-4-6-13(12)9-14;1-7-8(2)10(4)12(6)11(5)9(7)3;1-2-4-6-5-3-1;1-2/h3-9H,1-2H3;1-6H3;1-6H;1-2H3. The van der Waals surface area contributed by atoms with Crippen LogP contribution in [0.3, 0.4) is 0 Å². The van der Waals surface area contributed by atoms with Crippen molar-refractivity contribution in [1.82, 2.24) is 15.0 Å². The molecule has 0 N–H and O–H groups in total. The smallest absolute Gasteiger partial charge is 0.163 e. The maximum atomic E-state index is 4.39. The molecule has 0 saturated carbocycles. The Morgan fingerprint density at radius 3 is 1.16 bits per heavy atom. The van der Waals surface area contributed by atoms with Crippen molar-refractivity contribution >= 4 is 10.8 Å². The summed E-state index contributed by atoms with van der Waals surface area (Å²) in [5.74, 6) is 2.25. The topological polar surface area (TPSA) is 38.7 Å². The zero-order valence-corrected chi connectivity index (χ0v) is 24.8. The zero-order chi connectivity index (χ0) is 28.2. The lowest BCUT2D eigenvalue weighted by atomic mass is 9.90. The van der Waals surface area contributed by atoms with Crippen LogP contribution < -0.4 is 0 Å². The van der Waals surface area contributed by atoms with E-state index in [4.69, 9.17) is 0 Å². The van der Waals surface area contributed by atoms with E-state index in [1.54, 1.807) is 0 Å². The minimum atomic E-state index is 0.741. The molecule has 0 atom stereocenters. The molecule has 0 radical (unpaired) electrons. The van der Waals surface area contributed by atoms with Crippen molar-refractivity contribution in [2.75, 3.05) is 0 Å². The molecule has 0 spiro atoms. The minimum Gasteiger partial charge on any atom is -0.219 e. The second kappa shape index (κ2) is 14.8. The van der Waals surface area contributed by atoms with Crippen LogP contribution in [0.1, 0.15) is 58.9 Å². The molecule has 5 aromatic rings. The maximum absolute atomic E-state index is 4.39. The summed E-state index contributed by atoms with van der Waals surface area (Å²) in [5.41, 5.74) is 9.76. The molecule has 0 aliphatic carbocycles. The summed E-state index contributed by atoms with van der Waals surface area (Å²) in [4.78, 5) is 13.0. The van der Waals surface area contributed by atoms with E-state index in [1.807, 2.05) is 76.2 Å². The Labute approximate surface area is 230 Å². The third-order valence-electron chi connectivity index (χ3n) is 6.91. The third kappa shape index (κ3) is 8.08. The highest BCUT2D eigenvalue weighted by Gasteiger charge is 2.08. The number of hydrogen-bond donors (Lipinski definition) is 0. The highest BCUT2D eigenvalue weighted by atomic mass is 15.0. The first-order valence-electron chi connectivity index (χ1n) is 13.4. The second-order valence-electron chi connectivity index (χ2n) is 9.22. The zero-order valence-electron chi connectivity index (χ0n) is 24.8. The third-order valence-corrected chi connectivity index (χ3v) is 6.91. The molecule has 0 unspecified atom stereocenters. The molecular weight excluding hydrogens is 462 g/mol. The fraction of sp³-hybridized carbons (Fsp3) is 0.286. The van der Waals surface area contributed by atoms with Crippen molar-refractivity contribution in [3.8, 4) is 11.4 Å². The van der Waals surface area contributed by atoms with Crippen LogP contribution in [0.5, 0.6) is 0 Å². The molecule has 198 valence electrons. The van der Waals surface area contributed by atoms with Gasteiger partial charge in [0.15, 0.2) is 5.82 Å². The first-order valence-corrected chi connectivity index (χ1v) is 13.4. The summed E-state index contributed by atoms with van der Waals surface area (Å²) >= 11 is 0. The summed E-state index contributed by atoms with van der Waals surface area (Å²) in [7, 11) is 0. The molecule has 3 heteroatoms. The normalized spacial score (nSPS) is 9.84. The fourth-order valence-corrected chi connectivity index (χ4v) is 4.15. The Hall–Kier alpha value is -3.85. The van der Waals surface area contributed by atoms with E-state index < -0.39 is 0 Å². The fourth-order valence-electron chi connectivity index (χ4n) is 4.15. The molecule has 0 amide bonds. The molecule has 38 heavy (non-hydrogen) atoms. The first-order chi connectivity index (χ1) is 18.2. The molecular formula is C35H43N3. The van der Waals surface area contributed by atoms with E-state index >= 15 is 0 Å². The SMILES string of the molecule is CC.Cc1c(C)c(C)c(C)c(C)c1C.Cc1nc(C)nc(-c2ccc3ccccc3c2)n1.c1ccccc1. The molecule has 0 aliphatic rings. The minimum absolute atomic E-state index is 0.741. The summed E-state index contributed by atoms with van der Waals surface area (Å²) < 4.78 is 0. The summed E-state index contributed by atoms with van der Waals surface area (Å²) in [6, 6.07) is 26.5. The van der Waals surface area contributed by atoms with E-state index in [1.165, 1.54) is 44.2 Å². The van der Waals surface area contributed by atoms with E-state index in [0.717, 1.165) is 23.0 Å². The lowest BCUT2D eigenvalue weighted by Gasteiger charge is -2.15. The molecule has 4 aromatic carbocycles. The maximum Gasteiger partial charge on any atom is 0.163 e. The number of aryl methyl sites for hydroxylation is 2. The lowest BCUT2D eigenvalue weighted by Crippen LogP contribution is -1.98. The predicted octanol–water partition coefficient (Wildman–Crippen LogP) is 9.56. The van der Waals surface area contributed by atoms with Gasteiger partial charge >= 0.3 is 0 Å². The van der Waals surface area contributed by atoms with Gasteiger partial charge in [-0.2, -0.15) is 0 Å². The highest BCUT2D eigenvalue weighted by molar-refractivity contribution is 5.86. The summed E-state index contributed by atoms with van der Waals surface area (Å²) in [5, 5.41) is 2.43. The number of rotatable bonds is 1. The van der Waals surface area contributed by atoms with Gasteiger partial charge in [-0.25, -0.2) is 15.0 Å². The quantitative estimate of drug-likeness (QED) is 0.228. The van der Waals surface area contributed by atoms with Crippen LogP contribution in [0.15, 0.2) is 78.9 Å². The van der Waals surface area contributed by atoms with Gasteiger partial charge in [-0.1, -0.05) is 86.6 Å². The molecule has 1 heterocycles. The Kier molecular flexibility index (Phi) is 11.8. The average molecular weight is 506 g/mol. The van der Waals surface area contributed by atoms with E-state index in [-0.39, 0.29) is 0 Å². The Morgan fingerprint density at radius 1 is 0.395 bits per heavy atom. The molecule has 0 aliphatic heterocycles. The van der Waals surface area contributed by atoms with Gasteiger partial charge in [0.2, 0.25) is 0 Å². The van der Waals surface area contributed by atoms with Crippen molar-refractivity contribution < 1.29 is 0 Å². The monoisotopic (exact) mass is 505 g/mol. The summed E-state index contributed by atoms with van der Waals surface area (Å²) in [6.07, 6.45) is 0. The first kappa shape index (κ1) is 30.4. The van der Waals surface area contributed by atoms with Crippen molar-refractivity contribution in [3.63, 3.8) is 0 Å². The van der Waals surface area contributed by atoms with Crippen molar-refractivity contribution in [1.29, 1.82) is 0 Å². The molecule has 0 saturated heterocycles. The number of benzene rings is 4. The van der Waals surface area contributed by atoms with Crippen molar-refractivity contribution in [2.45, 2.75) is 69.2 Å². The number of aromatic nitrogens is 3. The van der Waals surface area contributed by atoms with Gasteiger partial charge in [-0.15, -0.1) is 0 Å². The van der Waals surface area contributed by atoms with Crippen LogP contribution in [-0.4, -0.2) is 15.0 Å². The van der Waals surface area contributed by atoms with Crippen LogP contribution in [0.2, 0.25) is 0 Å². The number of fused-ring (bicyclic) bond motifs is 1. The largest absolute Gasteiger partial charge is 0.219 e. The van der Waals surface area contributed by atoms with E-state index in [0.29, 0.717) is 0 Å². The Balaban J connectivity index is 0.000000218. The van der Waals surface area contributed by atoms with Crippen LogP contribution in [-0.2, 0) is 0 Å². The molecule has 0 bridgehead atoms. The number of nitrogens with zero attached hydrogens (tertiary/aromatic N) is 3. The van der Waals surface area contributed by atoms with Gasteiger partial charge in [0.25, 0.3) is 0 Å².